The maximum atomic E-state index is 13.2. The van der Waals surface area contributed by atoms with Crippen molar-refractivity contribution in [1.82, 2.24) is 9.80 Å². The number of nitrogens with one attached hydrogen (secondary N) is 1. The van der Waals surface area contributed by atoms with Crippen molar-refractivity contribution in [3.63, 3.8) is 0 Å². The highest BCUT2D eigenvalue weighted by Crippen LogP contribution is 2.27. The molecule has 0 radical (unpaired) electrons. The number of allylic oxidation sites excluding steroid dienone is 2. The molecule has 1 atom stereocenters. The van der Waals surface area contributed by atoms with Crippen LogP contribution in [0.2, 0.25) is 0 Å². The summed E-state index contributed by atoms with van der Waals surface area (Å²) < 4.78 is 27.7. The van der Waals surface area contributed by atoms with Gasteiger partial charge in [0.05, 0.1) is 28.8 Å². The van der Waals surface area contributed by atoms with Crippen molar-refractivity contribution in [2.75, 3.05) is 29.2 Å². The molecule has 4 rings (SSSR count). The zero-order chi connectivity index (χ0) is 21.3. The summed E-state index contributed by atoms with van der Waals surface area (Å²) >= 11 is 1.44. The van der Waals surface area contributed by atoms with E-state index >= 15 is 0 Å². The van der Waals surface area contributed by atoms with E-state index in [9.17, 15) is 18.0 Å². The minimum absolute atomic E-state index is 0.0944. The van der Waals surface area contributed by atoms with Gasteiger partial charge in [-0.3, -0.25) is 9.59 Å². The summed E-state index contributed by atoms with van der Waals surface area (Å²) in [5.41, 5.74) is 1.16. The Kier molecular flexibility index (Phi) is 5.36. The van der Waals surface area contributed by atoms with Crippen LogP contribution in [0.25, 0.3) is 0 Å². The van der Waals surface area contributed by atoms with Crippen molar-refractivity contribution >= 4 is 45.1 Å². The highest BCUT2D eigenvalue weighted by molar-refractivity contribution is 7.99. The second-order valence-electron chi connectivity index (χ2n) is 6.79. The van der Waals surface area contributed by atoms with Crippen LogP contribution < -0.4 is 5.32 Å². The van der Waals surface area contributed by atoms with Gasteiger partial charge in [-0.2, -0.15) is 5.26 Å². The number of sulfonamides is 1. The number of benzene rings is 1. The van der Waals surface area contributed by atoms with Gasteiger partial charge >= 0.3 is 0 Å². The molecular weight excluding hydrogens is 426 g/mol. The SMILES string of the molecule is N#Cc1ccc(NC(=O)C2CSCN2C(=O)C2=CC=CN3CCS(=O)(=O)N=C23)cc1. The van der Waals surface area contributed by atoms with Gasteiger partial charge in [-0.1, -0.05) is 0 Å². The third-order valence-corrected chi connectivity index (χ3v) is 6.98. The summed E-state index contributed by atoms with van der Waals surface area (Å²) in [5, 5.41) is 11.6. The Morgan fingerprint density at radius 3 is 2.77 bits per heavy atom. The monoisotopic (exact) mass is 443 g/mol. The first kappa shape index (κ1) is 20.2. The number of anilines is 1. The zero-order valence-electron chi connectivity index (χ0n) is 15.7. The predicted octanol–water partition coefficient (Wildman–Crippen LogP) is 0.896. The topological polar surface area (TPSA) is 123 Å². The molecule has 0 spiro atoms. The van der Waals surface area contributed by atoms with Crippen LogP contribution in [-0.4, -0.2) is 65.8 Å². The molecule has 0 aliphatic carbocycles. The number of carbonyl (C=O) groups is 2. The molecule has 11 heteroatoms. The number of thioether (sulfide) groups is 1. The maximum absolute atomic E-state index is 13.2. The second kappa shape index (κ2) is 7.97. The molecule has 0 saturated carbocycles. The molecule has 1 fully saturated rings. The Morgan fingerprint density at radius 2 is 2.03 bits per heavy atom. The van der Waals surface area contributed by atoms with E-state index in [-0.39, 0.29) is 29.6 Å². The molecule has 3 aliphatic heterocycles. The van der Waals surface area contributed by atoms with Crippen molar-refractivity contribution < 1.29 is 18.0 Å². The smallest absolute Gasteiger partial charge is 0.259 e. The number of fused-ring (bicyclic) bond motifs is 1. The molecule has 3 heterocycles. The number of amidine groups is 1. The largest absolute Gasteiger partial charge is 0.331 e. The molecule has 3 aliphatic rings. The second-order valence-corrected chi connectivity index (χ2v) is 9.54. The fourth-order valence-electron chi connectivity index (χ4n) is 3.25. The van der Waals surface area contributed by atoms with Crippen LogP contribution in [-0.2, 0) is 19.6 Å². The number of hydrogen-bond donors (Lipinski definition) is 1. The van der Waals surface area contributed by atoms with E-state index in [0.717, 1.165) is 0 Å². The van der Waals surface area contributed by atoms with E-state index in [1.807, 2.05) is 6.07 Å². The molecule has 1 N–H and O–H groups in total. The number of nitrogens with zero attached hydrogens (tertiary/aromatic N) is 4. The Bertz CT molecular complexity index is 1130. The maximum Gasteiger partial charge on any atom is 0.259 e. The Balaban J connectivity index is 1.54. The average molecular weight is 444 g/mol. The fourth-order valence-corrected chi connectivity index (χ4v) is 5.39. The van der Waals surface area contributed by atoms with Gasteiger partial charge < -0.3 is 15.1 Å². The van der Waals surface area contributed by atoms with Gasteiger partial charge in [0, 0.05) is 24.2 Å². The summed E-state index contributed by atoms with van der Waals surface area (Å²) in [6.45, 7) is 0.222. The molecule has 2 amide bonds. The van der Waals surface area contributed by atoms with E-state index in [0.29, 0.717) is 22.9 Å². The number of amides is 2. The number of rotatable bonds is 3. The quantitative estimate of drug-likeness (QED) is 0.736. The van der Waals surface area contributed by atoms with Crippen molar-refractivity contribution in [3.8, 4) is 6.07 Å². The van der Waals surface area contributed by atoms with E-state index in [1.165, 1.54) is 22.7 Å². The minimum Gasteiger partial charge on any atom is -0.331 e. The first-order chi connectivity index (χ1) is 14.4. The molecule has 30 heavy (non-hydrogen) atoms. The molecule has 1 aromatic rings. The van der Waals surface area contributed by atoms with E-state index in [4.69, 9.17) is 5.26 Å². The lowest BCUT2D eigenvalue weighted by Gasteiger charge is -2.31. The summed E-state index contributed by atoms with van der Waals surface area (Å²) in [6.07, 6.45) is 4.87. The normalized spacial score (nSPS) is 21.9. The Hall–Kier alpha value is -3.10. The molecule has 1 unspecified atom stereocenters. The molecule has 1 saturated heterocycles. The van der Waals surface area contributed by atoms with Crippen LogP contribution in [0.1, 0.15) is 5.56 Å². The van der Waals surface area contributed by atoms with Crippen molar-refractivity contribution in [2.45, 2.75) is 6.04 Å². The molecule has 154 valence electrons. The van der Waals surface area contributed by atoms with E-state index < -0.39 is 22.0 Å². The van der Waals surface area contributed by atoms with Gasteiger partial charge in [-0.15, -0.1) is 16.2 Å². The Labute approximate surface area is 177 Å². The average Bonchev–Trinajstić information content (AvgIpc) is 3.23. The van der Waals surface area contributed by atoms with E-state index in [1.54, 1.807) is 41.4 Å². The highest BCUT2D eigenvalue weighted by atomic mass is 32.2. The van der Waals surface area contributed by atoms with Gasteiger partial charge in [0.1, 0.15) is 6.04 Å². The van der Waals surface area contributed by atoms with Crippen molar-refractivity contribution in [2.24, 2.45) is 4.40 Å². The first-order valence-electron chi connectivity index (χ1n) is 9.06. The van der Waals surface area contributed by atoms with Crippen LogP contribution >= 0.6 is 11.8 Å². The fraction of sp³-hybridized carbons (Fsp3) is 0.263. The zero-order valence-corrected chi connectivity index (χ0v) is 17.3. The third-order valence-electron chi connectivity index (χ3n) is 4.82. The lowest BCUT2D eigenvalue weighted by molar-refractivity contribution is -0.132. The lowest BCUT2D eigenvalue weighted by Crippen LogP contribution is -2.48. The summed E-state index contributed by atoms with van der Waals surface area (Å²) in [7, 11) is -3.63. The van der Waals surface area contributed by atoms with Gasteiger partial charge in [0.25, 0.3) is 15.9 Å². The third kappa shape index (κ3) is 3.96. The van der Waals surface area contributed by atoms with Crippen LogP contribution in [0.3, 0.4) is 0 Å². The summed E-state index contributed by atoms with van der Waals surface area (Å²) in [6, 6.07) is 7.74. The van der Waals surface area contributed by atoms with Gasteiger partial charge in [-0.05, 0) is 36.4 Å². The van der Waals surface area contributed by atoms with Crippen LogP contribution in [0.15, 0.2) is 52.6 Å². The van der Waals surface area contributed by atoms with Crippen LogP contribution in [0.4, 0.5) is 5.69 Å². The molecule has 1 aromatic carbocycles. The van der Waals surface area contributed by atoms with E-state index in [2.05, 4.69) is 9.71 Å². The number of carbonyl (C=O) groups excluding carboxylic acids is 2. The number of hydrogen-bond acceptors (Lipinski definition) is 7. The minimum atomic E-state index is -3.63. The first-order valence-corrected chi connectivity index (χ1v) is 11.8. The highest BCUT2D eigenvalue weighted by Gasteiger charge is 2.39. The molecule has 0 aromatic heterocycles. The van der Waals surface area contributed by atoms with Crippen molar-refractivity contribution in [1.29, 1.82) is 5.26 Å². The van der Waals surface area contributed by atoms with Crippen molar-refractivity contribution in [3.05, 3.63) is 53.8 Å². The Morgan fingerprint density at radius 1 is 1.27 bits per heavy atom. The molecule has 0 bridgehead atoms. The van der Waals surface area contributed by atoms with Gasteiger partial charge in [0.2, 0.25) is 5.91 Å². The van der Waals surface area contributed by atoms with Gasteiger partial charge in [0.15, 0.2) is 5.84 Å². The van der Waals surface area contributed by atoms with Gasteiger partial charge in [-0.25, -0.2) is 8.42 Å². The summed E-state index contributed by atoms with van der Waals surface area (Å²) in [5.74, 6) is -0.0731. The molecular formula is C19H17N5O4S2. The lowest BCUT2D eigenvalue weighted by atomic mass is 10.1. The number of nitriles is 1. The summed E-state index contributed by atoms with van der Waals surface area (Å²) in [4.78, 5) is 29.1. The predicted molar refractivity (Wildman–Crippen MR) is 113 cm³/mol. The molecule has 9 nitrogen and oxygen atoms in total. The van der Waals surface area contributed by atoms with Crippen LogP contribution in [0, 0.1) is 11.3 Å². The van der Waals surface area contributed by atoms with Crippen LogP contribution in [0.5, 0.6) is 0 Å². The standard InChI is InChI=1S/C19H17N5O4S2/c20-10-13-3-5-14(6-4-13)21-18(25)16-11-29-12-24(16)19(26)15-2-1-7-23-8-9-30(27,28)22-17(15)23/h1-7,16H,8-9,11-12H2,(H,21,25).